The molecule has 0 amide bonds. The number of para-hydroxylation sites is 1. The topological polar surface area (TPSA) is 87.7 Å². The zero-order chi connectivity index (χ0) is 24.4. The van der Waals surface area contributed by atoms with Crippen LogP contribution in [0, 0.1) is 6.92 Å². The highest BCUT2D eigenvalue weighted by atomic mass is 16.5. The van der Waals surface area contributed by atoms with Crippen LogP contribution >= 0.6 is 0 Å². The Balaban J connectivity index is 1.47. The molecular formula is C27H22N4O4. The molecule has 0 fully saturated rings. The second-order valence-electron chi connectivity index (χ2n) is 7.95. The summed E-state index contributed by atoms with van der Waals surface area (Å²) in [6, 6.07) is 21.8. The Morgan fingerprint density at radius 3 is 2.51 bits per heavy atom. The van der Waals surface area contributed by atoms with Gasteiger partial charge in [0.05, 0.1) is 18.5 Å². The molecule has 5 aromatic rings. The molecule has 8 nitrogen and oxygen atoms in total. The Morgan fingerprint density at radius 1 is 1.00 bits per heavy atom. The van der Waals surface area contributed by atoms with E-state index < -0.39 is 5.97 Å². The molecule has 0 radical (unpaired) electrons. The van der Waals surface area contributed by atoms with Gasteiger partial charge in [-0.1, -0.05) is 24.3 Å². The van der Waals surface area contributed by atoms with Crippen molar-refractivity contribution in [2.45, 2.75) is 13.5 Å². The van der Waals surface area contributed by atoms with Gasteiger partial charge in [0, 0.05) is 24.0 Å². The van der Waals surface area contributed by atoms with Crippen LogP contribution in [0.2, 0.25) is 0 Å². The van der Waals surface area contributed by atoms with Crippen molar-refractivity contribution in [3.05, 3.63) is 112 Å². The first-order valence-corrected chi connectivity index (χ1v) is 11.0. The monoisotopic (exact) mass is 466 g/mol. The Kier molecular flexibility index (Phi) is 5.85. The van der Waals surface area contributed by atoms with Crippen LogP contribution in [-0.4, -0.2) is 32.2 Å². The molecule has 0 saturated heterocycles. The van der Waals surface area contributed by atoms with Gasteiger partial charge < -0.3 is 9.47 Å². The van der Waals surface area contributed by atoms with E-state index in [0.29, 0.717) is 28.3 Å². The van der Waals surface area contributed by atoms with Crippen LogP contribution in [0.1, 0.15) is 21.6 Å². The lowest BCUT2D eigenvalue weighted by Gasteiger charge is -2.08. The number of aromatic nitrogens is 4. The maximum absolute atomic E-state index is 13.2. The number of hydrogen-bond donors (Lipinski definition) is 0. The molecule has 0 unspecified atom stereocenters. The average Bonchev–Trinajstić information content (AvgIpc) is 3.34. The molecule has 35 heavy (non-hydrogen) atoms. The normalized spacial score (nSPS) is 10.9. The van der Waals surface area contributed by atoms with Crippen LogP contribution in [0.15, 0.2) is 90.0 Å². The predicted octanol–water partition coefficient (Wildman–Crippen LogP) is 4.22. The van der Waals surface area contributed by atoms with Gasteiger partial charge in [0.15, 0.2) is 0 Å². The zero-order valence-corrected chi connectivity index (χ0v) is 19.2. The molecule has 5 rings (SSSR count). The molecule has 0 N–H and O–H groups in total. The first kappa shape index (κ1) is 22.1. The minimum absolute atomic E-state index is 0.141. The van der Waals surface area contributed by atoms with E-state index in [1.807, 2.05) is 55.5 Å². The molecule has 0 spiro atoms. The maximum atomic E-state index is 13.2. The van der Waals surface area contributed by atoms with Crippen molar-refractivity contribution in [3.8, 4) is 22.7 Å². The first-order valence-electron chi connectivity index (χ1n) is 11.0. The van der Waals surface area contributed by atoms with Crippen LogP contribution in [-0.2, 0) is 11.3 Å². The summed E-state index contributed by atoms with van der Waals surface area (Å²) in [4.78, 5) is 30.2. The van der Waals surface area contributed by atoms with Crippen molar-refractivity contribution in [1.82, 2.24) is 19.2 Å². The van der Waals surface area contributed by atoms with Crippen molar-refractivity contribution >= 4 is 11.6 Å². The summed E-state index contributed by atoms with van der Waals surface area (Å²) in [6.07, 6.45) is 3.30. The van der Waals surface area contributed by atoms with Gasteiger partial charge >= 0.3 is 5.97 Å². The van der Waals surface area contributed by atoms with E-state index in [4.69, 9.17) is 9.47 Å². The molecule has 0 atom stereocenters. The van der Waals surface area contributed by atoms with Crippen molar-refractivity contribution < 1.29 is 14.3 Å². The fourth-order valence-corrected chi connectivity index (χ4v) is 3.80. The number of pyridine rings is 1. The molecule has 3 aromatic heterocycles. The number of methoxy groups -OCH3 is 1. The second kappa shape index (κ2) is 9.26. The highest BCUT2D eigenvalue weighted by molar-refractivity contribution is 5.96. The Hall–Kier alpha value is -4.72. The van der Waals surface area contributed by atoms with Gasteiger partial charge in [0.2, 0.25) is 0 Å². The first-order chi connectivity index (χ1) is 17.0. The lowest BCUT2D eigenvalue weighted by Crippen LogP contribution is -2.17. The standard InChI is InChI=1S/C27H22N4O4/c1-18-7-6-14-30-24(32)15-20(28-26(18)30)17-35-27(33)23-16-31(21-8-4-3-5-9-21)29-25(23)19-10-12-22(34-2)13-11-19/h3-16H,17H2,1-2H3. The number of fused-ring (bicyclic) bond motifs is 1. The van der Waals surface area contributed by atoms with E-state index in [1.54, 1.807) is 42.4 Å². The van der Waals surface area contributed by atoms with Crippen molar-refractivity contribution in [2.24, 2.45) is 0 Å². The lowest BCUT2D eigenvalue weighted by atomic mass is 10.1. The summed E-state index contributed by atoms with van der Waals surface area (Å²) in [5.74, 6) is 0.133. The molecule has 8 heteroatoms. The van der Waals surface area contributed by atoms with Gasteiger partial charge in [-0.15, -0.1) is 0 Å². The number of aryl methyl sites for hydroxylation is 1. The molecule has 0 aliphatic heterocycles. The number of rotatable bonds is 6. The van der Waals surface area contributed by atoms with Crippen molar-refractivity contribution in [2.75, 3.05) is 7.11 Å². The SMILES string of the molecule is COc1ccc(-c2nn(-c3ccccc3)cc2C(=O)OCc2cc(=O)n3cccc(C)c3n2)cc1. The lowest BCUT2D eigenvalue weighted by molar-refractivity contribution is 0.0468. The van der Waals surface area contributed by atoms with Gasteiger partial charge in [-0.25, -0.2) is 14.5 Å². The van der Waals surface area contributed by atoms with Gasteiger partial charge in [0.25, 0.3) is 5.56 Å². The summed E-state index contributed by atoms with van der Waals surface area (Å²) in [5, 5.41) is 4.65. The third-order valence-corrected chi connectivity index (χ3v) is 5.61. The number of hydrogen-bond acceptors (Lipinski definition) is 6. The summed E-state index contributed by atoms with van der Waals surface area (Å²) in [7, 11) is 1.59. The summed E-state index contributed by atoms with van der Waals surface area (Å²) in [6.45, 7) is 1.73. The molecule has 0 saturated carbocycles. The highest BCUT2D eigenvalue weighted by Gasteiger charge is 2.21. The summed E-state index contributed by atoms with van der Waals surface area (Å²) >= 11 is 0. The minimum Gasteiger partial charge on any atom is -0.497 e. The number of benzene rings is 2. The zero-order valence-electron chi connectivity index (χ0n) is 19.2. The van der Waals surface area contributed by atoms with E-state index in [1.165, 1.54) is 10.5 Å². The number of nitrogens with zero attached hydrogens (tertiary/aromatic N) is 4. The highest BCUT2D eigenvalue weighted by Crippen LogP contribution is 2.26. The van der Waals surface area contributed by atoms with Crippen LogP contribution < -0.4 is 10.3 Å². The van der Waals surface area contributed by atoms with Gasteiger partial charge in [-0.3, -0.25) is 9.20 Å². The molecular weight excluding hydrogens is 444 g/mol. The van der Waals surface area contributed by atoms with Gasteiger partial charge in [0.1, 0.15) is 29.3 Å². The molecule has 0 bridgehead atoms. The number of carbonyl (C=O) groups is 1. The molecule has 2 aromatic carbocycles. The third-order valence-electron chi connectivity index (χ3n) is 5.61. The summed E-state index contributed by atoms with van der Waals surface area (Å²) in [5.41, 5.74) is 3.84. The molecule has 0 aliphatic rings. The number of carbonyl (C=O) groups excluding carboxylic acids is 1. The van der Waals surface area contributed by atoms with Crippen LogP contribution in [0.4, 0.5) is 0 Å². The summed E-state index contributed by atoms with van der Waals surface area (Å²) < 4.78 is 13.9. The minimum atomic E-state index is -0.565. The van der Waals surface area contributed by atoms with Crippen LogP contribution in [0.5, 0.6) is 5.75 Å². The second-order valence-corrected chi connectivity index (χ2v) is 7.95. The smallest absolute Gasteiger partial charge is 0.342 e. The predicted molar refractivity (Wildman–Crippen MR) is 131 cm³/mol. The molecule has 3 heterocycles. The van der Waals surface area contributed by atoms with Crippen LogP contribution in [0.3, 0.4) is 0 Å². The Labute approximate surface area is 201 Å². The fraction of sp³-hybridized carbons (Fsp3) is 0.111. The maximum Gasteiger partial charge on any atom is 0.342 e. The van der Waals surface area contributed by atoms with E-state index in [-0.39, 0.29) is 12.2 Å². The van der Waals surface area contributed by atoms with Gasteiger partial charge in [-0.05, 0) is 55.0 Å². The number of ether oxygens (including phenoxy) is 2. The van der Waals surface area contributed by atoms with E-state index in [0.717, 1.165) is 16.8 Å². The Bertz CT molecular complexity index is 1570. The van der Waals surface area contributed by atoms with Crippen molar-refractivity contribution in [3.63, 3.8) is 0 Å². The average molecular weight is 466 g/mol. The quantitative estimate of drug-likeness (QED) is 0.348. The molecule has 174 valence electrons. The van der Waals surface area contributed by atoms with Gasteiger partial charge in [-0.2, -0.15) is 5.10 Å². The Morgan fingerprint density at radius 2 is 1.77 bits per heavy atom. The number of esters is 1. The third kappa shape index (κ3) is 4.41. The van der Waals surface area contributed by atoms with Crippen molar-refractivity contribution in [1.29, 1.82) is 0 Å². The van der Waals surface area contributed by atoms with Crippen LogP contribution in [0.25, 0.3) is 22.6 Å². The largest absolute Gasteiger partial charge is 0.497 e. The van der Waals surface area contributed by atoms with E-state index >= 15 is 0 Å². The van der Waals surface area contributed by atoms with E-state index in [2.05, 4.69) is 10.1 Å². The van der Waals surface area contributed by atoms with E-state index in [9.17, 15) is 9.59 Å². The fourth-order valence-electron chi connectivity index (χ4n) is 3.80. The molecule has 0 aliphatic carbocycles.